The number of ether oxygens (including phenoxy) is 2. The monoisotopic (exact) mass is 319 g/mol. The van der Waals surface area contributed by atoms with Crippen molar-refractivity contribution >= 4 is 23.0 Å². The minimum Gasteiger partial charge on any atom is -0.493 e. The smallest absolute Gasteiger partial charge is 0.195 e. The van der Waals surface area contributed by atoms with E-state index in [1.54, 1.807) is 32.6 Å². The van der Waals surface area contributed by atoms with E-state index in [1.165, 1.54) is 9.75 Å². The van der Waals surface area contributed by atoms with Crippen molar-refractivity contribution in [3.05, 3.63) is 40.1 Å². The maximum atomic E-state index is 5.30. The van der Waals surface area contributed by atoms with Crippen LogP contribution in [0.2, 0.25) is 0 Å². The van der Waals surface area contributed by atoms with Gasteiger partial charge in [0.05, 0.1) is 20.8 Å². The Labute approximate surface area is 135 Å². The highest BCUT2D eigenvalue weighted by Gasteiger charge is 2.06. The Morgan fingerprint density at radius 2 is 1.91 bits per heavy atom. The molecule has 0 amide bonds. The van der Waals surface area contributed by atoms with Crippen LogP contribution in [-0.4, -0.2) is 27.2 Å². The summed E-state index contributed by atoms with van der Waals surface area (Å²) in [6, 6.07) is 9.89. The van der Waals surface area contributed by atoms with E-state index in [-0.39, 0.29) is 0 Å². The number of benzene rings is 1. The zero-order valence-electron chi connectivity index (χ0n) is 13.3. The van der Waals surface area contributed by atoms with Crippen molar-refractivity contribution in [3.63, 3.8) is 0 Å². The molecule has 1 aromatic heterocycles. The minimum absolute atomic E-state index is 0.678. The number of aryl methyl sites for hydroxylation is 1. The first-order valence-electron chi connectivity index (χ1n) is 6.91. The molecule has 0 saturated carbocycles. The average Bonchev–Trinajstić information content (AvgIpc) is 2.96. The SMILES string of the molecule is CN=C(NCc1ccc(C)s1)Nc1ccc(OC)c(OC)c1. The minimum atomic E-state index is 0.678. The Morgan fingerprint density at radius 1 is 1.14 bits per heavy atom. The molecule has 2 aromatic rings. The molecule has 0 radical (unpaired) electrons. The van der Waals surface area contributed by atoms with Crippen molar-refractivity contribution < 1.29 is 9.47 Å². The molecule has 22 heavy (non-hydrogen) atoms. The Balaban J connectivity index is 2.01. The number of hydrogen-bond acceptors (Lipinski definition) is 4. The fourth-order valence-electron chi connectivity index (χ4n) is 1.98. The summed E-state index contributed by atoms with van der Waals surface area (Å²) >= 11 is 1.78. The van der Waals surface area contributed by atoms with Crippen LogP contribution in [0.5, 0.6) is 11.5 Å². The van der Waals surface area contributed by atoms with Crippen molar-refractivity contribution in [3.8, 4) is 11.5 Å². The number of hydrogen-bond donors (Lipinski definition) is 2. The third kappa shape index (κ3) is 4.14. The van der Waals surface area contributed by atoms with Gasteiger partial charge in [0, 0.05) is 28.6 Å². The molecule has 0 saturated heterocycles. The number of anilines is 1. The summed E-state index contributed by atoms with van der Waals surface area (Å²) in [5.74, 6) is 2.08. The normalized spacial score (nSPS) is 11.2. The fourth-order valence-corrected chi connectivity index (χ4v) is 2.81. The number of rotatable bonds is 5. The van der Waals surface area contributed by atoms with Gasteiger partial charge in [-0.1, -0.05) is 0 Å². The van der Waals surface area contributed by atoms with Crippen LogP contribution in [0.1, 0.15) is 9.75 Å². The van der Waals surface area contributed by atoms with Gasteiger partial charge >= 0.3 is 0 Å². The molecule has 0 atom stereocenters. The Hall–Kier alpha value is -2.21. The van der Waals surface area contributed by atoms with Crippen molar-refractivity contribution in [1.82, 2.24) is 5.32 Å². The number of nitrogens with one attached hydrogen (secondary N) is 2. The van der Waals surface area contributed by atoms with Gasteiger partial charge in [-0.25, -0.2) is 0 Å². The predicted octanol–water partition coefficient (Wildman–Crippen LogP) is 3.26. The van der Waals surface area contributed by atoms with Crippen LogP contribution < -0.4 is 20.1 Å². The van der Waals surface area contributed by atoms with Crippen LogP contribution in [0.15, 0.2) is 35.3 Å². The average molecular weight is 319 g/mol. The molecule has 1 heterocycles. The molecule has 118 valence electrons. The second kappa shape index (κ2) is 7.70. The van der Waals surface area contributed by atoms with E-state index in [9.17, 15) is 0 Å². The van der Waals surface area contributed by atoms with Gasteiger partial charge < -0.3 is 20.1 Å². The lowest BCUT2D eigenvalue weighted by Crippen LogP contribution is -2.29. The van der Waals surface area contributed by atoms with Gasteiger partial charge in [0.25, 0.3) is 0 Å². The van der Waals surface area contributed by atoms with Crippen LogP contribution in [-0.2, 0) is 6.54 Å². The van der Waals surface area contributed by atoms with Crippen molar-refractivity contribution in [2.45, 2.75) is 13.5 Å². The highest BCUT2D eigenvalue weighted by molar-refractivity contribution is 7.11. The first kappa shape index (κ1) is 16.2. The molecule has 0 aliphatic rings. The van der Waals surface area contributed by atoms with Crippen LogP contribution >= 0.6 is 11.3 Å². The molecular formula is C16H21N3O2S. The fraction of sp³-hybridized carbons (Fsp3) is 0.312. The summed E-state index contributed by atoms with van der Waals surface area (Å²) in [6.45, 7) is 2.84. The van der Waals surface area contributed by atoms with Gasteiger partial charge in [-0.3, -0.25) is 4.99 Å². The zero-order valence-corrected chi connectivity index (χ0v) is 14.1. The molecule has 6 heteroatoms. The highest BCUT2D eigenvalue weighted by Crippen LogP contribution is 2.29. The maximum absolute atomic E-state index is 5.30. The molecule has 1 aromatic carbocycles. The van der Waals surface area contributed by atoms with Gasteiger partial charge in [-0.15, -0.1) is 11.3 Å². The van der Waals surface area contributed by atoms with Gasteiger partial charge in [-0.2, -0.15) is 0 Å². The molecule has 0 spiro atoms. The second-order valence-electron chi connectivity index (χ2n) is 4.63. The van der Waals surface area contributed by atoms with E-state index >= 15 is 0 Å². The summed E-state index contributed by atoms with van der Waals surface area (Å²) in [6.07, 6.45) is 0. The Kier molecular flexibility index (Phi) is 5.66. The Morgan fingerprint density at radius 3 is 2.50 bits per heavy atom. The second-order valence-corrected chi connectivity index (χ2v) is 6.01. The first-order valence-corrected chi connectivity index (χ1v) is 7.73. The van der Waals surface area contributed by atoms with E-state index in [0.717, 1.165) is 12.2 Å². The maximum Gasteiger partial charge on any atom is 0.195 e. The molecule has 0 unspecified atom stereocenters. The summed E-state index contributed by atoms with van der Waals surface area (Å²) < 4.78 is 10.5. The predicted molar refractivity (Wildman–Crippen MR) is 92.4 cm³/mol. The van der Waals surface area contributed by atoms with Crippen LogP contribution in [0, 0.1) is 6.92 Å². The molecule has 5 nitrogen and oxygen atoms in total. The van der Waals surface area contributed by atoms with E-state index < -0.39 is 0 Å². The van der Waals surface area contributed by atoms with Crippen LogP contribution in [0.3, 0.4) is 0 Å². The lowest BCUT2D eigenvalue weighted by Gasteiger charge is -2.13. The standard InChI is InChI=1S/C16H21N3O2S/c1-11-5-7-13(22-11)10-18-16(17-2)19-12-6-8-14(20-3)15(9-12)21-4/h5-9H,10H2,1-4H3,(H2,17,18,19). The molecule has 0 aliphatic heterocycles. The summed E-state index contributed by atoms with van der Waals surface area (Å²) in [5.41, 5.74) is 0.883. The number of aliphatic imine (C=N–C) groups is 1. The number of guanidine groups is 1. The summed E-state index contributed by atoms with van der Waals surface area (Å²) in [4.78, 5) is 6.81. The quantitative estimate of drug-likeness (QED) is 0.656. The van der Waals surface area contributed by atoms with E-state index in [1.807, 2.05) is 18.2 Å². The molecule has 0 fully saturated rings. The summed E-state index contributed by atoms with van der Waals surface area (Å²) in [5, 5.41) is 6.53. The number of methoxy groups -OCH3 is 2. The van der Waals surface area contributed by atoms with Crippen molar-refractivity contribution in [1.29, 1.82) is 0 Å². The third-order valence-corrected chi connectivity index (χ3v) is 4.10. The van der Waals surface area contributed by atoms with Gasteiger partial charge in [0.1, 0.15) is 0 Å². The molecular weight excluding hydrogens is 298 g/mol. The number of thiophene rings is 1. The number of nitrogens with zero attached hydrogens (tertiary/aromatic N) is 1. The van der Waals surface area contributed by atoms with Gasteiger partial charge in [-0.05, 0) is 31.2 Å². The van der Waals surface area contributed by atoms with E-state index in [4.69, 9.17) is 9.47 Å². The van der Waals surface area contributed by atoms with E-state index in [0.29, 0.717) is 17.5 Å². The Bertz CT molecular complexity index is 653. The van der Waals surface area contributed by atoms with Gasteiger partial charge in [0.2, 0.25) is 0 Å². The topological polar surface area (TPSA) is 54.9 Å². The van der Waals surface area contributed by atoms with Crippen molar-refractivity contribution in [2.75, 3.05) is 26.6 Å². The largest absolute Gasteiger partial charge is 0.493 e. The molecule has 2 N–H and O–H groups in total. The van der Waals surface area contributed by atoms with Gasteiger partial charge in [0.15, 0.2) is 17.5 Å². The first-order chi connectivity index (χ1) is 10.7. The summed E-state index contributed by atoms with van der Waals surface area (Å²) in [7, 11) is 4.98. The van der Waals surface area contributed by atoms with E-state index in [2.05, 4.69) is 34.7 Å². The lowest BCUT2D eigenvalue weighted by molar-refractivity contribution is 0.355. The molecule has 2 rings (SSSR count). The molecule has 0 aliphatic carbocycles. The lowest BCUT2D eigenvalue weighted by atomic mass is 10.3. The third-order valence-electron chi connectivity index (χ3n) is 3.10. The highest BCUT2D eigenvalue weighted by atomic mass is 32.1. The van der Waals surface area contributed by atoms with Crippen molar-refractivity contribution in [2.24, 2.45) is 4.99 Å². The van der Waals surface area contributed by atoms with Crippen LogP contribution in [0.4, 0.5) is 5.69 Å². The van der Waals surface area contributed by atoms with Crippen LogP contribution in [0.25, 0.3) is 0 Å². The zero-order chi connectivity index (χ0) is 15.9. The molecule has 0 bridgehead atoms.